The van der Waals surface area contributed by atoms with Gasteiger partial charge in [0.25, 0.3) is 0 Å². The Morgan fingerprint density at radius 1 is 1.22 bits per heavy atom. The lowest BCUT2D eigenvalue weighted by Crippen LogP contribution is -2.33. The molecule has 100 valence electrons. The third kappa shape index (κ3) is 2.44. The second kappa shape index (κ2) is 5.40. The van der Waals surface area contributed by atoms with Crippen molar-refractivity contribution in [3.63, 3.8) is 0 Å². The molecule has 0 aliphatic heterocycles. The molecule has 0 radical (unpaired) electrons. The van der Waals surface area contributed by atoms with Crippen LogP contribution in [0.3, 0.4) is 0 Å². The minimum absolute atomic E-state index is 0.0714. The summed E-state index contributed by atoms with van der Waals surface area (Å²) in [5.74, 6) is 0.259. The molecule has 18 heavy (non-hydrogen) atoms. The van der Waals surface area contributed by atoms with Crippen LogP contribution in [-0.2, 0) is 5.54 Å². The van der Waals surface area contributed by atoms with Crippen LogP contribution in [0.15, 0.2) is 18.2 Å². The van der Waals surface area contributed by atoms with E-state index in [-0.39, 0.29) is 11.4 Å². The molecule has 0 aromatic heterocycles. The van der Waals surface area contributed by atoms with Gasteiger partial charge in [-0.15, -0.1) is 0 Å². The first-order chi connectivity index (χ1) is 8.60. The molecule has 2 rings (SSSR count). The van der Waals surface area contributed by atoms with E-state index in [4.69, 9.17) is 5.73 Å². The zero-order valence-corrected chi connectivity index (χ0v) is 11.5. The Bertz CT molecular complexity index is 404. The van der Waals surface area contributed by atoms with Gasteiger partial charge in [0.2, 0.25) is 0 Å². The van der Waals surface area contributed by atoms with Crippen LogP contribution in [0.2, 0.25) is 0 Å². The van der Waals surface area contributed by atoms with Crippen LogP contribution in [0.25, 0.3) is 0 Å². The van der Waals surface area contributed by atoms with Crippen molar-refractivity contribution < 1.29 is 4.39 Å². The Morgan fingerprint density at radius 2 is 1.83 bits per heavy atom. The van der Waals surface area contributed by atoms with Gasteiger partial charge in [0.05, 0.1) is 0 Å². The molecule has 2 heteroatoms. The molecule has 0 bridgehead atoms. The molecule has 0 amide bonds. The van der Waals surface area contributed by atoms with Gasteiger partial charge in [-0.05, 0) is 48.8 Å². The number of hydrogen-bond acceptors (Lipinski definition) is 1. The van der Waals surface area contributed by atoms with E-state index < -0.39 is 0 Å². The van der Waals surface area contributed by atoms with E-state index in [9.17, 15) is 4.39 Å². The number of halogens is 1. The molecule has 0 atom stereocenters. The molecule has 1 aromatic rings. The summed E-state index contributed by atoms with van der Waals surface area (Å²) in [5.41, 5.74) is 7.92. The van der Waals surface area contributed by atoms with Gasteiger partial charge >= 0.3 is 0 Å². The van der Waals surface area contributed by atoms with E-state index in [1.165, 1.54) is 0 Å². The number of hydrogen-bond donors (Lipinski definition) is 1. The fraction of sp³-hybridized carbons (Fsp3) is 0.625. The maximum Gasteiger partial charge on any atom is 0.127 e. The van der Waals surface area contributed by atoms with Gasteiger partial charge < -0.3 is 5.73 Å². The molecular formula is C16H24FN. The summed E-state index contributed by atoms with van der Waals surface area (Å²) in [6.07, 6.45) is 6.26. The van der Waals surface area contributed by atoms with Crippen LogP contribution in [0.1, 0.15) is 69.4 Å². The molecule has 0 spiro atoms. The molecular weight excluding hydrogens is 225 g/mol. The summed E-state index contributed by atoms with van der Waals surface area (Å²) >= 11 is 0. The van der Waals surface area contributed by atoms with Gasteiger partial charge in [0, 0.05) is 5.54 Å². The van der Waals surface area contributed by atoms with Crippen molar-refractivity contribution in [1.82, 2.24) is 0 Å². The minimum atomic E-state index is -0.284. The van der Waals surface area contributed by atoms with Gasteiger partial charge in [0.1, 0.15) is 5.82 Å². The van der Waals surface area contributed by atoms with Crippen molar-refractivity contribution in [1.29, 1.82) is 0 Å². The Labute approximate surface area is 110 Å². The van der Waals surface area contributed by atoms with Gasteiger partial charge in [-0.2, -0.15) is 0 Å². The summed E-state index contributed by atoms with van der Waals surface area (Å²) < 4.78 is 14.2. The summed E-state index contributed by atoms with van der Waals surface area (Å²) in [6.45, 7) is 4.23. The fourth-order valence-electron chi connectivity index (χ4n) is 3.19. The third-order valence-corrected chi connectivity index (χ3v) is 4.50. The normalized spacial score (nSPS) is 18.5. The van der Waals surface area contributed by atoms with Crippen molar-refractivity contribution in [3.8, 4) is 0 Å². The smallest absolute Gasteiger partial charge is 0.127 e. The SMILES string of the molecule is CCC(CC)c1ccc(C2(N)CCCC2)cc1F. The average molecular weight is 249 g/mol. The Balaban J connectivity index is 2.29. The van der Waals surface area contributed by atoms with E-state index in [1.807, 2.05) is 12.1 Å². The summed E-state index contributed by atoms with van der Waals surface area (Å²) in [6, 6.07) is 5.68. The molecule has 2 N–H and O–H groups in total. The third-order valence-electron chi connectivity index (χ3n) is 4.50. The Morgan fingerprint density at radius 3 is 2.33 bits per heavy atom. The highest BCUT2D eigenvalue weighted by Gasteiger charge is 2.31. The van der Waals surface area contributed by atoms with E-state index in [1.54, 1.807) is 6.07 Å². The van der Waals surface area contributed by atoms with Crippen LogP contribution >= 0.6 is 0 Å². The zero-order valence-electron chi connectivity index (χ0n) is 11.5. The molecule has 1 nitrogen and oxygen atoms in total. The molecule has 0 unspecified atom stereocenters. The van der Waals surface area contributed by atoms with E-state index >= 15 is 0 Å². The maximum absolute atomic E-state index is 14.2. The van der Waals surface area contributed by atoms with Crippen molar-refractivity contribution in [2.24, 2.45) is 5.73 Å². The first-order valence-corrected chi connectivity index (χ1v) is 7.19. The summed E-state index contributed by atoms with van der Waals surface area (Å²) in [7, 11) is 0. The molecule has 1 aliphatic rings. The predicted molar refractivity (Wildman–Crippen MR) is 74.1 cm³/mol. The van der Waals surface area contributed by atoms with Crippen LogP contribution in [0, 0.1) is 5.82 Å². The quantitative estimate of drug-likeness (QED) is 0.837. The number of nitrogens with two attached hydrogens (primary N) is 1. The van der Waals surface area contributed by atoms with Crippen molar-refractivity contribution in [3.05, 3.63) is 35.1 Å². The van der Waals surface area contributed by atoms with Crippen LogP contribution < -0.4 is 5.73 Å². The van der Waals surface area contributed by atoms with E-state index in [0.717, 1.165) is 49.7 Å². The monoisotopic (exact) mass is 249 g/mol. The predicted octanol–water partition coefficient (Wildman–Crippen LogP) is 4.46. The van der Waals surface area contributed by atoms with Gasteiger partial charge in [-0.25, -0.2) is 4.39 Å². The summed E-state index contributed by atoms with van der Waals surface area (Å²) in [4.78, 5) is 0. The zero-order chi connectivity index (χ0) is 13.2. The lowest BCUT2D eigenvalue weighted by molar-refractivity contribution is 0.455. The second-order valence-electron chi connectivity index (χ2n) is 5.61. The molecule has 1 aliphatic carbocycles. The van der Waals surface area contributed by atoms with Crippen molar-refractivity contribution in [2.75, 3.05) is 0 Å². The van der Waals surface area contributed by atoms with Crippen LogP contribution in [0.5, 0.6) is 0 Å². The standard InChI is InChI=1S/C16H24FN/c1-3-12(4-2)14-8-7-13(11-15(14)17)16(18)9-5-6-10-16/h7-8,11-12H,3-6,9-10,18H2,1-2H3. The van der Waals surface area contributed by atoms with Crippen molar-refractivity contribution >= 4 is 0 Å². The number of benzene rings is 1. The van der Waals surface area contributed by atoms with E-state index in [2.05, 4.69) is 13.8 Å². The lowest BCUT2D eigenvalue weighted by atomic mass is 9.86. The van der Waals surface area contributed by atoms with Gasteiger partial charge in [-0.3, -0.25) is 0 Å². The minimum Gasteiger partial charge on any atom is -0.321 e. The summed E-state index contributed by atoms with van der Waals surface area (Å²) in [5, 5.41) is 0. The topological polar surface area (TPSA) is 26.0 Å². The Kier molecular flexibility index (Phi) is 4.06. The highest BCUT2D eigenvalue weighted by molar-refractivity contribution is 5.32. The molecule has 0 saturated heterocycles. The average Bonchev–Trinajstić information content (AvgIpc) is 2.81. The van der Waals surface area contributed by atoms with Gasteiger partial charge in [-0.1, -0.05) is 38.8 Å². The molecule has 0 heterocycles. The van der Waals surface area contributed by atoms with Gasteiger partial charge in [0.15, 0.2) is 0 Å². The molecule has 1 fully saturated rings. The first kappa shape index (κ1) is 13.5. The maximum atomic E-state index is 14.2. The highest BCUT2D eigenvalue weighted by atomic mass is 19.1. The molecule has 1 saturated carbocycles. The second-order valence-corrected chi connectivity index (χ2v) is 5.61. The first-order valence-electron chi connectivity index (χ1n) is 7.19. The van der Waals surface area contributed by atoms with Crippen molar-refractivity contribution in [2.45, 2.75) is 63.8 Å². The lowest BCUT2D eigenvalue weighted by Gasteiger charge is -2.25. The highest BCUT2D eigenvalue weighted by Crippen LogP contribution is 2.37. The fourth-order valence-corrected chi connectivity index (χ4v) is 3.19. The van der Waals surface area contributed by atoms with Crippen LogP contribution in [0.4, 0.5) is 4.39 Å². The van der Waals surface area contributed by atoms with E-state index in [0.29, 0.717) is 5.92 Å². The largest absolute Gasteiger partial charge is 0.321 e. The molecule has 1 aromatic carbocycles. The number of rotatable bonds is 4. The Hall–Kier alpha value is -0.890. The van der Waals surface area contributed by atoms with Crippen LogP contribution in [-0.4, -0.2) is 0 Å².